The summed E-state index contributed by atoms with van der Waals surface area (Å²) < 4.78 is 1.10. The minimum Gasteiger partial charge on any atom is -0.354 e. The smallest absolute Gasteiger partial charge is 0.0725 e. The molecule has 2 aliphatic carbocycles. The van der Waals surface area contributed by atoms with E-state index in [1.54, 1.807) is 0 Å². The fourth-order valence-corrected chi connectivity index (χ4v) is 6.82. The van der Waals surface area contributed by atoms with E-state index in [1.807, 2.05) is 0 Å². The average Bonchev–Trinajstić information content (AvgIpc) is 3.46. The van der Waals surface area contributed by atoms with Crippen molar-refractivity contribution in [2.75, 3.05) is 0 Å². The molecule has 0 unspecified atom stereocenters. The summed E-state index contributed by atoms with van der Waals surface area (Å²) in [7, 11) is 0. The standard InChI is InChI=1S/C31H18BrN/c32-18-13-14-29-23(15-18)24-16-28-22(17-30(24)33-29)21-9-3-6-12-27(21)31(28)25-10-4-1-7-19(25)20-8-2-5-11-26(20)31/h1-17,33H. The zero-order valence-corrected chi connectivity index (χ0v) is 19.3. The lowest BCUT2D eigenvalue weighted by atomic mass is 9.70. The summed E-state index contributed by atoms with van der Waals surface area (Å²) in [6.45, 7) is 0. The Hall–Kier alpha value is -3.62. The largest absolute Gasteiger partial charge is 0.354 e. The number of aromatic nitrogens is 1. The molecule has 0 bridgehead atoms. The Labute approximate surface area is 199 Å². The predicted octanol–water partition coefficient (Wildman–Crippen LogP) is 8.43. The molecule has 0 amide bonds. The van der Waals surface area contributed by atoms with E-state index in [4.69, 9.17) is 0 Å². The number of fused-ring (bicyclic) bond motifs is 13. The van der Waals surface area contributed by atoms with Crippen LogP contribution in [0.5, 0.6) is 0 Å². The predicted molar refractivity (Wildman–Crippen MR) is 140 cm³/mol. The molecule has 0 radical (unpaired) electrons. The molecular weight excluding hydrogens is 466 g/mol. The van der Waals surface area contributed by atoms with Crippen molar-refractivity contribution in [2.24, 2.45) is 0 Å². The first-order valence-corrected chi connectivity index (χ1v) is 12.1. The number of hydrogen-bond acceptors (Lipinski definition) is 0. The van der Waals surface area contributed by atoms with E-state index in [0.29, 0.717) is 0 Å². The maximum atomic E-state index is 3.68. The van der Waals surface area contributed by atoms with E-state index < -0.39 is 0 Å². The van der Waals surface area contributed by atoms with Crippen LogP contribution in [0.25, 0.3) is 44.1 Å². The Balaban J connectivity index is 1.60. The third kappa shape index (κ3) is 2.04. The number of H-pyrrole nitrogens is 1. The van der Waals surface area contributed by atoms with Gasteiger partial charge in [0.1, 0.15) is 0 Å². The van der Waals surface area contributed by atoms with Crippen LogP contribution in [0.4, 0.5) is 0 Å². The van der Waals surface area contributed by atoms with Gasteiger partial charge in [-0.25, -0.2) is 0 Å². The van der Waals surface area contributed by atoms with Gasteiger partial charge in [0.15, 0.2) is 0 Å². The summed E-state index contributed by atoms with van der Waals surface area (Å²) in [5, 5.41) is 2.53. The van der Waals surface area contributed by atoms with Gasteiger partial charge in [-0.3, -0.25) is 0 Å². The highest BCUT2D eigenvalue weighted by atomic mass is 79.9. The first-order valence-electron chi connectivity index (χ1n) is 11.3. The molecular formula is C31H18BrN. The Morgan fingerprint density at radius 1 is 0.485 bits per heavy atom. The van der Waals surface area contributed by atoms with Crippen LogP contribution in [0.1, 0.15) is 22.3 Å². The highest BCUT2D eigenvalue weighted by Crippen LogP contribution is 2.63. The molecule has 2 heteroatoms. The fraction of sp³-hybridized carbons (Fsp3) is 0.0323. The number of rotatable bonds is 0. The van der Waals surface area contributed by atoms with Crippen LogP contribution in [-0.4, -0.2) is 4.98 Å². The van der Waals surface area contributed by atoms with Gasteiger partial charge >= 0.3 is 0 Å². The summed E-state index contributed by atoms with van der Waals surface area (Å²) in [6.07, 6.45) is 0. The lowest BCUT2D eigenvalue weighted by molar-refractivity contribution is 0.795. The molecule has 1 spiro atoms. The minimum absolute atomic E-state index is 0.289. The van der Waals surface area contributed by atoms with Crippen molar-refractivity contribution in [2.45, 2.75) is 5.41 Å². The van der Waals surface area contributed by atoms with Crippen LogP contribution in [0.15, 0.2) is 108 Å². The number of nitrogens with one attached hydrogen (secondary N) is 1. The third-order valence-corrected chi connectivity index (χ3v) is 8.17. The summed E-state index contributed by atoms with van der Waals surface area (Å²) in [4.78, 5) is 3.66. The summed E-state index contributed by atoms with van der Waals surface area (Å²) in [5.74, 6) is 0. The van der Waals surface area contributed by atoms with E-state index in [-0.39, 0.29) is 5.41 Å². The van der Waals surface area contributed by atoms with Gasteiger partial charge < -0.3 is 4.98 Å². The molecule has 1 N–H and O–H groups in total. The molecule has 154 valence electrons. The molecule has 2 aliphatic rings. The van der Waals surface area contributed by atoms with Crippen LogP contribution in [-0.2, 0) is 5.41 Å². The Bertz CT molecular complexity index is 1740. The first-order chi connectivity index (χ1) is 16.3. The van der Waals surface area contributed by atoms with Gasteiger partial charge in [-0.1, -0.05) is 88.7 Å². The van der Waals surface area contributed by atoms with Crippen LogP contribution in [0, 0.1) is 0 Å². The maximum Gasteiger partial charge on any atom is 0.0725 e. The molecule has 0 saturated carbocycles. The molecule has 5 aromatic carbocycles. The second-order valence-electron chi connectivity index (χ2n) is 9.15. The molecule has 1 heterocycles. The van der Waals surface area contributed by atoms with Gasteiger partial charge in [0.25, 0.3) is 0 Å². The van der Waals surface area contributed by atoms with Crippen molar-refractivity contribution in [3.05, 3.63) is 130 Å². The van der Waals surface area contributed by atoms with Crippen LogP contribution in [0.3, 0.4) is 0 Å². The zero-order valence-electron chi connectivity index (χ0n) is 17.7. The van der Waals surface area contributed by atoms with E-state index in [2.05, 4.69) is 124 Å². The van der Waals surface area contributed by atoms with Crippen molar-refractivity contribution in [3.8, 4) is 22.3 Å². The quantitative estimate of drug-likeness (QED) is 0.222. The summed E-state index contributed by atoms with van der Waals surface area (Å²) in [5.41, 5.74) is 13.0. The molecule has 0 atom stereocenters. The van der Waals surface area contributed by atoms with Gasteiger partial charge in [-0.2, -0.15) is 0 Å². The van der Waals surface area contributed by atoms with Gasteiger partial charge in [0.05, 0.1) is 5.41 Å². The minimum atomic E-state index is -0.289. The highest BCUT2D eigenvalue weighted by Gasteiger charge is 2.51. The molecule has 8 rings (SSSR count). The summed E-state index contributed by atoms with van der Waals surface area (Å²) >= 11 is 3.68. The monoisotopic (exact) mass is 483 g/mol. The number of halogens is 1. The number of hydrogen-bond donors (Lipinski definition) is 1. The average molecular weight is 484 g/mol. The molecule has 0 aliphatic heterocycles. The second kappa shape index (κ2) is 6.03. The van der Waals surface area contributed by atoms with Crippen molar-refractivity contribution in [1.82, 2.24) is 4.98 Å². The third-order valence-electron chi connectivity index (χ3n) is 7.68. The molecule has 1 nitrogen and oxygen atoms in total. The Kier molecular flexibility index (Phi) is 3.27. The fourth-order valence-electron chi connectivity index (χ4n) is 6.46. The second-order valence-corrected chi connectivity index (χ2v) is 10.1. The van der Waals surface area contributed by atoms with E-state index in [1.165, 1.54) is 66.3 Å². The zero-order chi connectivity index (χ0) is 21.7. The van der Waals surface area contributed by atoms with E-state index in [9.17, 15) is 0 Å². The molecule has 0 saturated heterocycles. The molecule has 1 aromatic heterocycles. The first kappa shape index (κ1) is 17.9. The number of aromatic amines is 1. The molecule has 33 heavy (non-hydrogen) atoms. The van der Waals surface area contributed by atoms with Crippen molar-refractivity contribution in [1.29, 1.82) is 0 Å². The SMILES string of the molecule is Brc1ccc2[nH]c3cc4c(cc3c2c1)C1(c2ccccc2-c2ccccc21)c1ccccc1-4. The van der Waals surface area contributed by atoms with E-state index >= 15 is 0 Å². The van der Waals surface area contributed by atoms with Crippen molar-refractivity contribution >= 4 is 37.7 Å². The lowest BCUT2D eigenvalue weighted by Crippen LogP contribution is -2.25. The summed E-state index contributed by atoms with van der Waals surface area (Å²) in [6, 6.07) is 38.2. The van der Waals surface area contributed by atoms with Crippen LogP contribution >= 0.6 is 15.9 Å². The Morgan fingerprint density at radius 3 is 1.67 bits per heavy atom. The topological polar surface area (TPSA) is 15.8 Å². The van der Waals surface area contributed by atoms with Gasteiger partial charge in [-0.15, -0.1) is 0 Å². The van der Waals surface area contributed by atoms with Crippen molar-refractivity contribution < 1.29 is 0 Å². The Morgan fingerprint density at radius 2 is 1.03 bits per heavy atom. The van der Waals surface area contributed by atoms with Crippen LogP contribution in [0.2, 0.25) is 0 Å². The lowest BCUT2D eigenvalue weighted by Gasteiger charge is -2.30. The molecule has 6 aromatic rings. The normalized spacial score (nSPS) is 14.5. The number of benzene rings is 5. The van der Waals surface area contributed by atoms with Gasteiger partial charge in [-0.05, 0) is 74.8 Å². The highest BCUT2D eigenvalue weighted by molar-refractivity contribution is 9.10. The molecule has 0 fully saturated rings. The van der Waals surface area contributed by atoms with E-state index in [0.717, 1.165) is 4.47 Å². The van der Waals surface area contributed by atoms with Crippen molar-refractivity contribution in [3.63, 3.8) is 0 Å². The van der Waals surface area contributed by atoms with Gasteiger partial charge in [0, 0.05) is 26.3 Å². The maximum absolute atomic E-state index is 3.68. The van der Waals surface area contributed by atoms with Gasteiger partial charge in [0.2, 0.25) is 0 Å². The van der Waals surface area contributed by atoms with Crippen LogP contribution < -0.4 is 0 Å².